The second kappa shape index (κ2) is 7.01. The molecule has 120 valence electrons. The highest BCUT2D eigenvalue weighted by molar-refractivity contribution is 6.03. The lowest BCUT2D eigenvalue weighted by atomic mass is 9.85. The van der Waals surface area contributed by atoms with Crippen molar-refractivity contribution in [1.82, 2.24) is 0 Å². The molecular formula is C21H18O3. The summed E-state index contributed by atoms with van der Waals surface area (Å²) in [6.07, 6.45) is 0. The lowest BCUT2D eigenvalue weighted by molar-refractivity contribution is 0.0973. The first-order valence-electron chi connectivity index (χ1n) is 7.72. The van der Waals surface area contributed by atoms with Crippen molar-refractivity contribution >= 4 is 5.78 Å². The van der Waals surface area contributed by atoms with Crippen LogP contribution in [0.15, 0.2) is 78.9 Å². The fourth-order valence-electron chi connectivity index (χ4n) is 2.78. The number of Topliss-reactive ketones (excluding diaryl/α,β-unsaturated/α-hetero) is 1. The largest absolute Gasteiger partial charge is 0.504 e. The molecule has 0 radical (unpaired) electrons. The van der Waals surface area contributed by atoms with Crippen LogP contribution in [0.4, 0.5) is 0 Å². The predicted molar refractivity (Wildman–Crippen MR) is 93.7 cm³/mol. The van der Waals surface area contributed by atoms with Gasteiger partial charge >= 0.3 is 0 Å². The van der Waals surface area contributed by atoms with Gasteiger partial charge in [0.15, 0.2) is 17.3 Å². The van der Waals surface area contributed by atoms with Gasteiger partial charge in [-0.15, -0.1) is 0 Å². The van der Waals surface area contributed by atoms with Gasteiger partial charge in [-0.25, -0.2) is 0 Å². The molecule has 0 aliphatic rings. The maximum absolute atomic E-state index is 13.2. The second-order valence-electron chi connectivity index (χ2n) is 5.51. The monoisotopic (exact) mass is 318 g/mol. The van der Waals surface area contributed by atoms with E-state index in [0.29, 0.717) is 11.3 Å². The van der Waals surface area contributed by atoms with Crippen LogP contribution in [0.2, 0.25) is 0 Å². The molecule has 0 aliphatic carbocycles. The van der Waals surface area contributed by atoms with E-state index in [9.17, 15) is 9.90 Å². The molecule has 0 unspecified atom stereocenters. The zero-order chi connectivity index (χ0) is 16.9. The predicted octanol–water partition coefficient (Wildman–Crippen LogP) is 4.42. The molecule has 24 heavy (non-hydrogen) atoms. The summed E-state index contributed by atoms with van der Waals surface area (Å²) in [6.45, 7) is 0. The van der Waals surface area contributed by atoms with Gasteiger partial charge < -0.3 is 9.84 Å². The zero-order valence-electron chi connectivity index (χ0n) is 13.3. The fourth-order valence-corrected chi connectivity index (χ4v) is 2.78. The van der Waals surface area contributed by atoms with E-state index >= 15 is 0 Å². The average Bonchev–Trinajstić information content (AvgIpc) is 2.64. The van der Waals surface area contributed by atoms with Crippen molar-refractivity contribution in [1.29, 1.82) is 0 Å². The number of carbonyl (C=O) groups excluding carboxylic acids is 1. The highest BCUT2D eigenvalue weighted by atomic mass is 16.5. The first-order valence-corrected chi connectivity index (χ1v) is 7.72. The van der Waals surface area contributed by atoms with E-state index in [0.717, 1.165) is 11.1 Å². The number of phenols is 1. The number of aromatic hydroxyl groups is 1. The quantitative estimate of drug-likeness (QED) is 0.709. The van der Waals surface area contributed by atoms with Crippen LogP contribution in [0.1, 0.15) is 27.4 Å². The van der Waals surface area contributed by atoms with Crippen molar-refractivity contribution < 1.29 is 14.6 Å². The van der Waals surface area contributed by atoms with E-state index in [1.807, 2.05) is 60.7 Å². The van der Waals surface area contributed by atoms with Crippen molar-refractivity contribution in [2.75, 3.05) is 7.11 Å². The van der Waals surface area contributed by atoms with Gasteiger partial charge in [0, 0.05) is 5.56 Å². The van der Waals surface area contributed by atoms with E-state index in [1.54, 1.807) is 12.1 Å². The van der Waals surface area contributed by atoms with E-state index in [2.05, 4.69) is 0 Å². The highest BCUT2D eigenvalue weighted by Gasteiger charge is 2.24. The summed E-state index contributed by atoms with van der Waals surface area (Å²) >= 11 is 0. The maximum Gasteiger partial charge on any atom is 0.174 e. The Morgan fingerprint density at radius 3 is 1.92 bits per heavy atom. The topological polar surface area (TPSA) is 46.5 Å². The fraction of sp³-hybridized carbons (Fsp3) is 0.0952. The van der Waals surface area contributed by atoms with Crippen LogP contribution in [0.3, 0.4) is 0 Å². The van der Waals surface area contributed by atoms with Gasteiger partial charge in [-0.05, 0) is 29.3 Å². The summed E-state index contributed by atoms with van der Waals surface area (Å²) in [7, 11) is 1.47. The van der Waals surface area contributed by atoms with Crippen molar-refractivity contribution in [3.63, 3.8) is 0 Å². The Labute approximate surface area is 141 Å². The van der Waals surface area contributed by atoms with Crippen LogP contribution in [-0.2, 0) is 0 Å². The van der Waals surface area contributed by atoms with Crippen LogP contribution >= 0.6 is 0 Å². The smallest absolute Gasteiger partial charge is 0.174 e. The van der Waals surface area contributed by atoms with Crippen molar-refractivity contribution in [3.05, 3.63) is 95.6 Å². The van der Waals surface area contributed by atoms with E-state index < -0.39 is 5.92 Å². The number of ketones is 1. The van der Waals surface area contributed by atoms with Gasteiger partial charge in [-0.2, -0.15) is 0 Å². The van der Waals surface area contributed by atoms with Gasteiger partial charge in [0.1, 0.15) is 0 Å². The third-order valence-electron chi connectivity index (χ3n) is 3.99. The molecule has 0 saturated carbocycles. The third-order valence-corrected chi connectivity index (χ3v) is 3.99. The van der Waals surface area contributed by atoms with E-state index in [1.165, 1.54) is 13.2 Å². The first-order chi connectivity index (χ1) is 11.7. The molecular weight excluding hydrogens is 300 g/mol. The van der Waals surface area contributed by atoms with Gasteiger partial charge in [-0.3, -0.25) is 4.79 Å². The molecule has 3 nitrogen and oxygen atoms in total. The van der Waals surface area contributed by atoms with Crippen LogP contribution in [-0.4, -0.2) is 18.0 Å². The maximum atomic E-state index is 13.2. The molecule has 1 N–H and O–H groups in total. The number of carbonyl (C=O) groups is 1. The van der Waals surface area contributed by atoms with Crippen LogP contribution in [0, 0.1) is 0 Å². The van der Waals surface area contributed by atoms with Gasteiger partial charge in [-0.1, -0.05) is 60.7 Å². The Hall–Kier alpha value is -3.07. The van der Waals surface area contributed by atoms with Crippen LogP contribution in [0.5, 0.6) is 11.5 Å². The number of hydrogen-bond acceptors (Lipinski definition) is 3. The Morgan fingerprint density at radius 2 is 1.42 bits per heavy atom. The Kier molecular flexibility index (Phi) is 4.62. The SMILES string of the molecule is COc1cc(C(=O)C(c2ccccc2)c2ccccc2)ccc1O. The van der Waals surface area contributed by atoms with E-state index in [4.69, 9.17) is 4.74 Å². The van der Waals surface area contributed by atoms with Crippen molar-refractivity contribution in [2.24, 2.45) is 0 Å². The standard InChI is InChI=1S/C21H18O3/c1-24-19-14-17(12-13-18(19)22)21(23)20(15-8-4-2-5-9-15)16-10-6-3-7-11-16/h2-14,20,22H,1H3. The minimum atomic E-state index is -0.401. The molecule has 0 heterocycles. The molecule has 3 aromatic carbocycles. The molecule has 0 aliphatic heterocycles. The number of phenolic OH excluding ortho intramolecular Hbond substituents is 1. The molecule has 0 spiro atoms. The summed E-state index contributed by atoms with van der Waals surface area (Å²) in [6, 6.07) is 24.1. The Bertz CT molecular complexity index is 787. The van der Waals surface area contributed by atoms with E-state index in [-0.39, 0.29) is 11.5 Å². The molecule has 3 aromatic rings. The number of rotatable bonds is 5. The molecule has 0 aromatic heterocycles. The average molecular weight is 318 g/mol. The van der Waals surface area contributed by atoms with Crippen molar-refractivity contribution in [2.45, 2.75) is 5.92 Å². The van der Waals surface area contributed by atoms with Crippen LogP contribution < -0.4 is 4.74 Å². The minimum Gasteiger partial charge on any atom is -0.504 e. The first kappa shape index (κ1) is 15.8. The molecule has 3 heteroatoms. The summed E-state index contributed by atoms with van der Waals surface area (Å²) < 4.78 is 5.12. The molecule has 0 fully saturated rings. The summed E-state index contributed by atoms with van der Waals surface area (Å²) in [4.78, 5) is 13.2. The highest BCUT2D eigenvalue weighted by Crippen LogP contribution is 2.32. The number of ether oxygens (including phenoxy) is 1. The summed E-state index contributed by atoms with van der Waals surface area (Å²) in [5.74, 6) is -0.127. The number of hydrogen-bond donors (Lipinski definition) is 1. The summed E-state index contributed by atoms with van der Waals surface area (Å²) in [5, 5.41) is 9.75. The molecule has 0 atom stereocenters. The number of benzene rings is 3. The molecule has 0 bridgehead atoms. The molecule has 0 amide bonds. The Balaban J connectivity index is 2.07. The number of methoxy groups -OCH3 is 1. The normalized spacial score (nSPS) is 10.6. The van der Waals surface area contributed by atoms with Crippen molar-refractivity contribution in [3.8, 4) is 11.5 Å². The third kappa shape index (κ3) is 3.15. The van der Waals surface area contributed by atoms with Gasteiger partial charge in [0.05, 0.1) is 13.0 Å². The second-order valence-corrected chi connectivity index (χ2v) is 5.51. The lowest BCUT2D eigenvalue weighted by Gasteiger charge is -2.17. The lowest BCUT2D eigenvalue weighted by Crippen LogP contribution is -2.14. The zero-order valence-corrected chi connectivity index (χ0v) is 13.3. The van der Waals surface area contributed by atoms with Gasteiger partial charge in [0.25, 0.3) is 0 Å². The molecule has 3 rings (SSSR count). The minimum absolute atomic E-state index is 0.0185. The summed E-state index contributed by atoms with van der Waals surface area (Å²) in [5.41, 5.74) is 2.36. The van der Waals surface area contributed by atoms with Gasteiger partial charge in [0.2, 0.25) is 0 Å². The Morgan fingerprint density at radius 1 is 0.875 bits per heavy atom. The molecule has 0 saturated heterocycles. The van der Waals surface area contributed by atoms with Crippen LogP contribution in [0.25, 0.3) is 0 Å².